The molecule has 0 unspecified atom stereocenters. The highest BCUT2D eigenvalue weighted by Gasteiger charge is 2.07. The SMILES string of the molecule is O=C(CCCl)NCCCN(Cc1ccccc1)Cc1ccccc1. The normalized spacial score (nSPS) is 10.8. The van der Waals surface area contributed by atoms with Crippen molar-refractivity contribution in [1.82, 2.24) is 10.2 Å². The average Bonchev–Trinajstić information content (AvgIpc) is 2.61. The van der Waals surface area contributed by atoms with Crippen LogP contribution in [0.5, 0.6) is 0 Å². The number of nitrogens with zero attached hydrogens (tertiary/aromatic N) is 1. The van der Waals surface area contributed by atoms with Crippen molar-refractivity contribution >= 4 is 17.5 Å². The van der Waals surface area contributed by atoms with Crippen LogP contribution >= 0.6 is 11.6 Å². The summed E-state index contributed by atoms with van der Waals surface area (Å²) in [7, 11) is 0. The molecule has 0 spiro atoms. The van der Waals surface area contributed by atoms with E-state index in [0.29, 0.717) is 18.8 Å². The Morgan fingerprint density at radius 2 is 1.46 bits per heavy atom. The molecule has 0 heterocycles. The van der Waals surface area contributed by atoms with Crippen LogP contribution in [0.4, 0.5) is 0 Å². The lowest BCUT2D eigenvalue weighted by Crippen LogP contribution is -2.29. The summed E-state index contributed by atoms with van der Waals surface area (Å²) in [5.41, 5.74) is 2.61. The Hall–Kier alpha value is -1.84. The van der Waals surface area contributed by atoms with E-state index in [9.17, 15) is 4.79 Å². The van der Waals surface area contributed by atoms with Crippen molar-refractivity contribution in [2.75, 3.05) is 19.0 Å². The van der Waals surface area contributed by atoms with Gasteiger partial charge in [0.2, 0.25) is 5.91 Å². The molecule has 2 rings (SSSR count). The summed E-state index contributed by atoms with van der Waals surface area (Å²) in [4.78, 5) is 13.9. The number of halogens is 1. The van der Waals surface area contributed by atoms with Gasteiger partial charge in [-0.25, -0.2) is 0 Å². The van der Waals surface area contributed by atoms with E-state index >= 15 is 0 Å². The Labute approximate surface area is 149 Å². The second-order valence-electron chi connectivity index (χ2n) is 5.82. The van der Waals surface area contributed by atoms with Crippen molar-refractivity contribution in [2.45, 2.75) is 25.9 Å². The number of carbonyl (C=O) groups excluding carboxylic acids is 1. The van der Waals surface area contributed by atoms with Gasteiger partial charge in [-0.2, -0.15) is 0 Å². The lowest BCUT2D eigenvalue weighted by atomic mass is 10.1. The molecule has 0 aromatic heterocycles. The summed E-state index contributed by atoms with van der Waals surface area (Å²) < 4.78 is 0. The van der Waals surface area contributed by atoms with Gasteiger partial charge in [0.05, 0.1) is 0 Å². The van der Waals surface area contributed by atoms with Crippen molar-refractivity contribution in [1.29, 1.82) is 0 Å². The maximum Gasteiger partial charge on any atom is 0.221 e. The number of hydrogen-bond acceptors (Lipinski definition) is 2. The third-order valence-electron chi connectivity index (χ3n) is 3.79. The molecule has 0 saturated heterocycles. The average molecular weight is 345 g/mol. The van der Waals surface area contributed by atoms with Crippen LogP contribution in [0.1, 0.15) is 24.0 Å². The van der Waals surface area contributed by atoms with Crippen LogP contribution in [0.2, 0.25) is 0 Å². The molecule has 0 aliphatic heterocycles. The molecule has 128 valence electrons. The number of carbonyl (C=O) groups is 1. The van der Waals surface area contributed by atoms with Crippen LogP contribution in [0, 0.1) is 0 Å². The van der Waals surface area contributed by atoms with E-state index in [1.807, 2.05) is 12.1 Å². The van der Waals surface area contributed by atoms with E-state index in [4.69, 9.17) is 11.6 Å². The minimum Gasteiger partial charge on any atom is -0.356 e. The third-order valence-corrected chi connectivity index (χ3v) is 3.98. The predicted octanol–water partition coefficient (Wildman–Crippen LogP) is 3.82. The van der Waals surface area contributed by atoms with Crippen molar-refractivity contribution in [2.24, 2.45) is 0 Å². The molecule has 1 N–H and O–H groups in total. The first-order chi connectivity index (χ1) is 11.8. The van der Waals surface area contributed by atoms with E-state index in [2.05, 4.69) is 58.7 Å². The molecule has 0 fully saturated rings. The topological polar surface area (TPSA) is 32.3 Å². The summed E-state index contributed by atoms with van der Waals surface area (Å²) in [5, 5.41) is 2.92. The second-order valence-corrected chi connectivity index (χ2v) is 6.20. The van der Waals surface area contributed by atoms with Gasteiger partial charge in [0.15, 0.2) is 0 Å². The number of benzene rings is 2. The molecule has 0 aliphatic rings. The smallest absolute Gasteiger partial charge is 0.221 e. The Bertz CT molecular complexity index is 548. The van der Waals surface area contributed by atoms with Gasteiger partial charge in [-0.1, -0.05) is 60.7 Å². The van der Waals surface area contributed by atoms with Crippen LogP contribution in [0.15, 0.2) is 60.7 Å². The number of amides is 1. The van der Waals surface area contributed by atoms with E-state index in [1.165, 1.54) is 11.1 Å². The molecule has 2 aromatic carbocycles. The highest BCUT2D eigenvalue weighted by molar-refractivity contribution is 6.18. The monoisotopic (exact) mass is 344 g/mol. The van der Waals surface area contributed by atoms with Crippen molar-refractivity contribution < 1.29 is 4.79 Å². The second kappa shape index (κ2) is 10.8. The lowest BCUT2D eigenvalue weighted by Gasteiger charge is -2.22. The van der Waals surface area contributed by atoms with Crippen LogP contribution in [-0.4, -0.2) is 29.8 Å². The molecule has 0 atom stereocenters. The molecular weight excluding hydrogens is 320 g/mol. The predicted molar refractivity (Wildman–Crippen MR) is 100.0 cm³/mol. The lowest BCUT2D eigenvalue weighted by molar-refractivity contribution is -0.120. The Kier molecular flexibility index (Phi) is 8.36. The fourth-order valence-electron chi connectivity index (χ4n) is 2.60. The number of rotatable bonds is 10. The van der Waals surface area contributed by atoms with Crippen molar-refractivity contribution in [3.05, 3.63) is 71.8 Å². The Morgan fingerprint density at radius 3 is 1.96 bits per heavy atom. The molecule has 4 heteroatoms. The van der Waals surface area contributed by atoms with E-state index in [-0.39, 0.29) is 5.91 Å². The van der Waals surface area contributed by atoms with Gasteiger partial charge in [-0.3, -0.25) is 9.69 Å². The number of nitrogens with one attached hydrogen (secondary N) is 1. The minimum atomic E-state index is 0.0302. The zero-order valence-electron chi connectivity index (χ0n) is 14.0. The molecule has 1 amide bonds. The van der Waals surface area contributed by atoms with Gasteiger partial charge in [0.25, 0.3) is 0 Å². The molecule has 3 nitrogen and oxygen atoms in total. The molecule has 24 heavy (non-hydrogen) atoms. The van der Waals surface area contributed by atoms with E-state index in [0.717, 1.165) is 26.1 Å². The first-order valence-corrected chi connectivity index (χ1v) is 8.94. The summed E-state index contributed by atoms with van der Waals surface area (Å²) in [6.45, 7) is 3.44. The number of hydrogen-bond donors (Lipinski definition) is 1. The highest BCUT2D eigenvalue weighted by Crippen LogP contribution is 2.10. The fraction of sp³-hybridized carbons (Fsp3) is 0.350. The van der Waals surface area contributed by atoms with Gasteiger partial charge in [-0.15, -0.1) is 11.6 Å². The van der Waals surface area contributed by atoms with Crippen LogP contribution in [0.3, 0.4) is 0 Å². The fourth-order valence-corrected chi connectivity index (χ4v) is 2.77. The number of alkyl halides is 1. The molecule has 0 saturated carbocycles. The quantitative estimate of drug-likeness (QED) is 0.525. The van der Waals surface area contributed by atoms with Gasteiger partial charge in [-0.05, 0) is 17.5 Å². The summed E-state index contributed by atoms with van der Waals surface area (Å²) in [5.74, 6) is 0.405. The Balaban J connectivity index is 1.86. The molecular formula is C20H25ClN2O. The summed E-state index contributed by atoms with van der Waals surface area (Å²) in [6, 6.07) is 21.0. The molecule has 0 bridgehead atoms. The maximum absolute atomic E-state index is 11.5. The maximum atomic E-state index is 11.5. The first-order valence-electron chi connectivity index (χ1n) is 8.41. The zero-order chi connectivity index (χ0) is 17.0. The van der Waals surface area contributed by atoms with Gasteiger partial charge in [0.1, 0.15) is 0 Å². The van der Waals surface area contributed by atoms with Crippen LogP contribution in [-0.2, 0) is 17.9 Å². The summed E-state index contributed by atoms with van der Waals surface area (Å²) >= 11 is 5.57. The standard InChI is InChI=1S/C20H25ClN2O/c21-13-12-20(24)22-14-7-15-23(16-18-8-3-1-4-9-18)17-19-10-5-2-6-11-19/h1-6,8-11H,7,12-17H2,(H,22,24). The summed E-state index contributed by atoms with van der Waals surface area (Å²) in [6.07, 6.45) is 1.31. The van der Waals surface area contributed by atoms with Crippen LogP contribution < -0.4 is 5.32 Å². The molecule has 0 aliphatic carbocycles. The highest BCUT2D eigenvalue weighted by atomic mass is 35.5. The minimum absolute atomic E-state index is 0.0302. The van der Waals surface area contributed by atoms with Crippen molar-refractivity contribution in [3.63, 3.8) is 0 Å². The van der Waals surface area contributed by atoms with Gasteiger partial charge >= 0.3 is 0 Å². The first kappa shape index (κ1) is 18.5. The molecule has 0 radical (unpaired) electrons. The van der Waals surface area contributed by atoms with Gasteiger partial charge < -0.3 is 5.32 Å². The van der Waals surface area contributed by atoms with Gasteiger partial charge in [0, 0.05) is 38.5 Å². The van der Waals surface area contributed by atoms with E-state index in [1.54, 1.807) is 0 Å². The third kappa shape index (κ3) is 7.16. The zero-order valence-corrected chi connectivity index (χ0v) is 14.7. The molecule has 2 aromatic rings. The van der Waals surface area contributed by atoms with Crippen LogP contribution in [0.25, 0.3) is 0 Å². The van der Waals surface area contributed by atoms with E-state index < -0.39 is 0 Å². The Morgan fingerprint density at radius 1 is 0.917 bits per heavy atom. The van der Waals surface area contributed by atoms with Crippen molar-refractivity contribution in [3.8, 4) is 0 Å². The largest absolute Gasteiger partial charge is 0.356 e.